The molecule has 0 heterocycles. The zero-order chi connectivity index (χ0) is 58.3. The molecule has 456 valence electrons. The number of hydrogen-bond donors (Lipinski definition) is 2. The summed E-state index contributed by atoms with van der Waals surface area (Å²) in [6.07, 6.45) is 75.9. The lowest BCUT2D eigenvalue weighted by Crippen LogP contribution is -2.30. The van der Waals surface area contributed by atoms with Gasteiger partial charge in [-0.1, -0.05) is 226 Å². The van der Waals surface area contributed by atoms with Gasteiger partial charge in [-0.3, -0.25) is 23.4 Å². The minimum absolute atomic E-state index is 0.116. The van der Waals surface area contributed by atoms with Crippen molar-refractivity contribution < 1.29 is 52.2 Å². The van der Waals surface area contributed by atoms with Crippen LogP contribution in [0.2, 0.25) is 0 Å². The van der Waals surface area contributed by atoms with Crippen molar-refractivity contribution >= 4 is 25.7 Å². The maximum atomic E-state index is 12.9. The predicted octanol–water partition coefficient (Wildman–Crippen LogP) is 19.1. The Bertz CT molecular complexity index is 1800. The Labute approximate surface area is 487 Å². The first-order valence-electron chi connectivity index (χ1n) is 31.4. The molecular weight excluding hydrogens is 1020 g/mol. The van der Waals surface area contributed by atoms with Gasteiger partial charge in [0.15, 0.2) is 6.10 Å². The van der Waals surface area contributed by atoms with Crippen LogP contribution in [0.3, 0.4) is 0 Å². The molecule has 0 rings (SSSR count). The zero-order valence-electron chi connectivity index (χ0n) is 50.5. The van der Waals surface area contributed by atoms with E-state index in [1.54, 1.807) is 0 Å². The molecule has 12 heteroatoms. The first-order chi connectivity index (χ1) is 39.2. The summed E-state index contributed by atoms with van der Waals surface area (Å²) in [5, 5.41) is 9.83. The highest BCUT2D eigenvalue weighted by Crippen LogP contribution is 2.43. The number of hydrogen-bond acceptors (Lipinski definition) is 10. The van der Waals surface area contributed by atoms with E-state index >= 15 is 0 Å². The van der Waals surface area contributed by atoms with Gasteiger partial charge in [0, 0.05) is 19.3 Å². The average molecular weight is 1140 g/mol. The molecule has 0 aromatic carbocycles. The number of rotatable bonds is 57. The first-order valence-corrected chi connectivity index (χ1v) is 32.9. The Morgan fingerprint density at radius 1 is 0.362 bits per heavy atom. The van der Waals surface area contributed by atoms with Crippen LogP contribution in [0.4, 0.5) is 0 Å². The van der Waals surface area contributed by atoms with Gasteiger partial charge in [0.05, 0.1) is 19.8 Å². The number of allylic oxidation sites excluding steroid dienone is 20. The second-order valence-electron chi connectivity index (χ2n) is 20.5. The Hall–Kier alpha value is -4.12. The summed E-state index contributed by atoms with van der Waals surface area (Å²) in [5.74, 6) is -1.56. The van der Waals surface area contributed by atoms with E-state index in [9.17, 15) is 28.9 Å². The molecule has 0 bridgehead atoms. The number of carbonyl (C=O) groups is 3. The van der Waals surface area contributed by atoms with Crippen LogP contribution in [0, 0.1) is 0 Å². The molecule has 0 saturated carbocycles. The van der Waals surface area contributed by atoms with Gasteiger partial charge in [0.25, 0.3) is 0 Å². The second kappa shape index (κ2) is 61.0. The molecule has 0 fully saturated rings. The van der Waals surface area contributed by atoms with Crippen LogP contribution in [-0.2, 0) is 42.2 Å². The average Bonchev–Trinajstić information content (AvgIpc) is 3.45. The molecule has 0 radical (unpaired) electrons. The molecule has 0 amide bonds. The number of carbonyl (C=O) groups excluding carboxylic acids is 3. The first kappa shape index (κ1) is 75.9. The summed E-state index contributed by atoms with van der Waals surface area (Å²) >= 11 is 0. The van der Waals surface area contributed by atoms with Crippen LogP contribution in [0.15, 0.2) is 122 Å². The number of esters is 3. The lowest BCUT2D eigenvalue weighted by Gasteiger charge is -2.21. The van der Waals surface area contributed by atoms with Crippen molar-refractivity contribution in [3.8, 4) is 0 Å². The lowest BCUT2D eigenvalue weighted by molar-refractivity contribution is -0.161. The largest absolute Gasteiger partial charge is 0.472 e. The van der Waals surface area contributed by atoms with E-state index < -0.39 is 57.8 Å². The Morgan fingerprint density at radius 2 is 0.650 bits per heavy atom. The molecule has 2 N–H and O–H groups in total. The Balaban J connectivity index is 4.82. The fourth-order valence-electron chi connectivity index (χ4n) is 8.13. The molecule has 3 unspecified atom stereocenters. The number of aliphatic hydroxyl groups excluding tert-OH is 1. The molecule has 0 aromatic heterocycles. The van der Waals surface area contributed by atoms with Gasteiger partial charge in [0.1, 0.15) is 12.7 Å². The zero-order valence-corrected chi connectivity index (χ0v) is 51.4. The number of ether oxygens (including phenoxy) is 3. The number of unbranched alkanes of at least 4 members (excludes halogenated alkanes) is 20. The van der Waals surface area contributed by atoms with E-state index in [1.165, 1.54) is 83.5 Å². The van der Waals surface area contributed by atoms with Crippen molar-refractivity contribution in [2.75, 3.05) is 26.4 Å². The third-order valence-corrected chi connectivity index (χ3v) is 13.8. The smallest absolute Gasteiger partial charge is 0.462 e. The van der Waals surface area contributed by atoms with E-state index in [0.717, 1.165) is 109 Å². The van der Waals surface area contributed by atoms with Crippen LogP contribution in [-0.4, -0.2) is 66.5 Å². The van der Waals surface area contributed by atoms with Crippen molar-refractivity contribution in [3.63, 3.8) is 0 Å². The number of phosphoric ester groups is 1. The normalized spacial score (nSPS) is 14.1. The van der Waals surface area contributed by atoms with Gasteiger partial charge >= 0.3 is 25.7 Å². The molecule has 0 spiro atoms. The quantitative estimate of drug-likeness (QED) is 0.0197. The molecule has 0 aliphatic heterocycles. The van der Waals surface area contributed by atoms with Crippen LogP contribution in [0.5, 0.6) is 0 Å². The van der Waals surface area contributed by atoms with E-state index in [-0.39, 0.29) is 25.9 Å². The third-order valence-electron chi connectivity index (χ3n) is 12.8. The van der Waals surface area contributed by atoms with E-state index in [4.69, 9.17) is 23.3 Å². The summed E-state index contributed by atoms with van der Waals surface area (Å²) in [4.78, 5) is 48.7. The van der Waals surface area contributed by atoms with Crippen molar-refractivity contribution in [3.05, 3.63) is 122 Å². The van der Waals surface area contributed by atoms with Crippen LogP contribution < -0.4 is 0 Å². The molecule has 11 nitrogen and oxygen atoms in total. The molecule has 80 heavy (non-hydrogen) atoms. The fraction of sp³-hybridized carbons (Fsp3) is 0.662. The van der Waals surface area contributed by atoms with Crippen LogP contribution >= 0.6 is 7.82 Å². The molecule has 0 aliphatic rings. The minimum Gasteiger partial charge on any atom is -0.462 e. The highest BCUT2D eigenvalue weighted by Gasteiger charge is 2.28. The van der Waals surface area contributed by atoms with Crippen LogP contribution in [0.1, 0.15) is 252 Å². The lowest BCUT2D eigenvalue weighted by atomic mass is 10.1. The van der Waals surface area contributed by atoms with Crippen molar-refractivity contribution in [1.82, 2.24) is 0 Å². The number of phosphoric acid groups is 1. The Kier molecular flexibility index (Phi) is 57.8. The summed E-state index contributed by atoms with van der Waals surface area (Å²) in [5.41, 5.74) is 0. The molecule has 0 aromatic rings. The predicted molar refractivity (Wildman–Crippen MR) is 334 cm³/mol. The fourth-order valence-corrected chi connectivity index (χ4v) is 8.92. The Morgan fingerprint density at radius 3 is 1.05 bits per heavy atom. The number of aliphatic hydroxyl groups is 1. The molecule has 0 aliphatic carbocycles. The second-order valence-corrected chi connectivity index (χ2v) is 21.9. The SMILES string of the molecule is CC/C=C\C/C=C\C/C=C\C/C=C\C/C=C\CCCCCC(=O)OC(COC(=O)CCCCCCCCCCC/C=C\CCCCCCCC)COP(=O)(O)OCC(CO)OC(=O)CCCC/C=C\C/C=C\C/C=C\C/C=C\CC. The molecule has 0 saturated heterocycles. The maximum Gasteiger partial charge on any atom is 0.472 e. The molecular formula is C68H113O11P. The minimum atomic E-state index is -4.78. The maximum absolute atomic E-state index is 12.9. The summed E-state index contributed by atoms with van der Waals surface area (Å²) in [6, 6.07) is 0. The monoisotopic (exact) mass is 1140 g/mol. The summed E-state index contributed by atoms with van der Waals surface area (Å²) in [7, 11) is -4.78. The topological polar surface area (TPSA) is 155 Å². The summed E-state index contributed by atoms with van der Waals surface area (Å²) in [6.45, 7) is 4.33. The molecule has 3 atom stereocenters. The standard InChI is InChI=1S/C68H113O11P/c1-4-7-10-13-16-19-22-25-28-30-32-34-37-39-42-45-48-51-54-57-66(70)75-61-65(79-68(72)59-56-53-50-47-44-41-38-35-33-31-29-26-23-20-17-14-11-8-5-2)63-77-80(73,74)76-62-64(60-69)78-67(71)58-55-52-49-46-43-40-36-27-24-21-18-15-12-9-6-3/h8-9,11-12,17-18,20-21,25-29,33,35-36,41,43-44,46,64-65,69H,4-7,10,13-16,19,22-24,30-32,34,37-40,42,45,47-63H2,1-3H3,(H,73,74)/b11-8-,12-9-,20-17-,21-18-,28-25-,29-26-,35-33-,36-27-,44-41-,46-43-. The van der Waals surface area contributed by atoms with Gasteiger partial charge in [-0.2, -0.15) is 0 Å². The van der Waals surface area contributed by atoms with Crippen molar-refractivity contribution in [1.29, 1.82) is 0 Å². The van der Waals surface area contributed by atoms with Gasteiger partial charge in [0.2, 0.25) is 0 Å². The van der Waals surface area contributed by atoms with E-state index in [2.05, 4.69) is 142 Å². The highest BCUT2D eigenvalue weighted by atomic mass is 31.2. The third kappa shape index (κ3) is 58.5. The van der Waals surface area contributed by atoms with E-state index in [1.807, 2.05) is 0 Å². The van der Waals surface area contributed by atoms with Gasteiger partial charge < -0.3 is 24.2 Å². The van der Waals surface area contributed by atoms with Gasteiger partial charge in [-0.25, -0.2) is 4.57 Å². The van der Waals surface area contributed by atoms with Gasteiger partial charge in [-0.05, 0) is 128 Å². The van der Waals surface area contributed by atoms with Crippen molar-refractivity contribution in [2.45, 2.75) is 264 Å². The highest BCUT2D eigenvalue weighted by molar-refractivity contribution is 7.47. The van der Waals surface area contributed by atoms with Crippen LogP contribution in [0.25, 0.3) is 0 Å². The van der Waals surface area contributed by atoms with Gasteiger partial charge in [-0.15, -0.1) is 0 Å². The summed E-state index contributed by atoms with van der Waals surface area (Å²) < 4.78 is 39.6. The van der Waals surface area contributed by atoms with E-state index in [0.29, 0.717) is 19.3 Å². The van der Waals surface area contributed by atoms with Crippen molar-refractivity contribution in [2.24, 2.45) is 0 Å².